The van der Waals surface area contributed by atoms with Gasteiger partial charge in [0.1, 0.15) is 11.5 Å². The third-order valence-electron chi connectivity index (χ3n) is 4.58. The van der Waals surface area contributed by atoms with Gasteiger partial charge in [0, 0.05) is 43.4 Å². The number of rotatable bonds is 3. The Hall–Kier alpha value is -2.96. The van der Waals surface area contributed by atoms with Gasteiger partial charge in [-0.25, -0.2) is 14.1 Å². The van der Waals surface area contributed by atoms with E-state index >= 15 is 0 Å². The van der Waals surface area contributed by atoms with E-state index in [9.17, 15) is 9.18 Å². The molecule has 1 amide bonds. The minimum absolute atomic E-state index is 0.143. The van der Waals surface area contributed by atoms with Crippen molar-refractivity contribution in [2.24, 2.45) is 0 Å². The van der Waals surface area contributed by atoms with Crippen molar-refractivity contribution in [2.75, 3.05) is 13.1 Å². The van der Waals surface area contributed by atoms with Crippen molar-refractivity contribution in [1.82, 2.24) is 24.2 Å². The lowest BCUT2D eigenvalue weighted by molar-refractivity contribution is 0.0679. The van der Waals surface area contributed by atoms with Crippen molar-refractivity contribution >= 4 is 5.91 Å². The highest BCUT2D eigenvalue weighted by molar-refractivity contribution is 5.94. The number of hydrogen-bond donors (Lipinski definition) is 0. The van der Waals surface area contributed by atoms with E-state index in [1.54, 1.807) is 48.0 Å². The Morgan fingerprint density at radius 2 is 2.16 bits per heavy atom. The molecule has 1 aromatic carbocycles. The number of amides is 1. The van der Waals surface area contributed by atoms with Gasteiger partial charge in [-0.2, -0.15) is 5.10 Å². The molecule has 1 atom stereocenters. The molecule has 4 rings (SSSR count). The molecule has 1 saturated heterocycles. The molecule has 0 bridgehead atoms. The molecule has 3 aromatic rings. The van der Waals surface area contributed by atoms with Crippen LogP contribution in [0.2, 0.25) is 0 Å². The second kappa shape index (κ2) is 6.51. The number of carbonyl (C=O) groups is 1. The van der Waals surface area contributed by atoms with Gasteiger partial charge in [-0.05, 0) is 37.1 Å². The number of likely N-dealkylation sites (tertiary alicyclic amines) is 1. The fourth-order valence-corrected chi connectivity index (χ4v) is 3.29. The Morgan fingerprint density at radius 3 is 2.88 bits per heavy atom. The summed E-state index contributed by atoms with van der Waals surface area (Å²) in [6, 6.07) is 6.48. The van der Waals surface area contributed by atoms with Gasteiger partial charge >= 0.3 is 0 Å². The Bertz CT molecular complexity index is 860. The van der Waals surface area contributed by atoms with E-state index in [0.29, 0.717) is 24.3 Å². The van der Waals surface area contributed by atoms with E-state index in [1.165, 1.54) is 10.7 Å². The molecule has 1 fully saturated rings. The van der Waals surface area contributed by atoms with Gasteiger partial charge in [-0.1, -0.05) is 0 Å². The molecule has 1 aliphatic rings. The number of nitrogens with zero attached hydrogens (tertiary/aromatic N) is 5. The molecular weight excluding hydrogens is 321 g/mol. The van der Waals surface area contributed by atoms with Gasteiger partial charge in [0.05, 0.1) is 12.4 Å². The molecule has 1 aliphatic heterocycles. The van der Waals surface area contributed by atoms with Crippen LogP contribution in [-0.4, -0.2) is 43.2 Å². The van der Waals surface area contributed by atoms with Crippen molar-refractivity contribution in [3.8, 4) is 5.69 Å². The second-order valence-corrected chi connectivity index (χ2v) is 6.17. The molecule has 25 heavy (non-hydrogen) atoms. The highest BCUT2D eigenvalue weighted by atomic mass is 19.1. The monoisotopic (exact) mass is 339 g/mol. The summed E-state index contributed by atoms with van der Waals surface area (Å²) in [5.41, 5.74) is 0.691. The van der Waals surface area contributed by atoms with E-state index in [1.807, 2.05) is 10.8 Å². The Labute approximate surface area is 144 Å². The number of benzene rings is 1. The van der Waals surface area contributed by atoms with Crippen molar-refractivity contribution in [2.45, 2.75) is 18.9 Å². The zero-order valence-corrected chi connectivity index (χ0v) is 13.6. The Morgan fingerprint density at radius 1 is 1.24 bits per heavy atom. The second-order valence-electron chi connectivity index (χ2n) is 6.17. The number of imidazole rings is 1. The lowest BCUT2D eigenvalue weighted by Crippen LogP contribution is -2.40. The standard InChI is InChI=1S/C18H18FN5O/c19-16-11-14(4-5-17(16)24-9-2-6-21-24)18(25)22-8-1-3-15(12-22)23-10-7-20-13-23/h2,4-7,9-11,13,15H,1,3,8,12H2/t15-/m1/s1. The molecule has 0 spiro atoms. The minimum Gasteiger partial charge on any atom is -0.337 e. The number of halogens is 1. The summed E-state index contributed by atoms with van der Waals surface area (Å²) in [6.45, 7) is 1.30. The maximum atomic E-state index is 14.4. The zero-order valence-electron chi connectivity index (χ0n) is 13.6. The SMILES string of the molecule is O=C(c1ccc(-n2cccn2)c(F)c1)N1CCC[C@@H](n2ccnc2)C1. The molecule has 0 unspecified atom stereocenters. The summed E-state index contributed by atoms with van der Waals surface area (Å²) >= 11 is 0. The van der Waals surface area contributed by atoms with Crippen molar-refractivity contribution < 1.29 is 9.18 Å². The zero-order chi connectivity index (χ0) is 17.2. The van der Waals surface area contributed by atoms with Gasteiger partial charge in [-0.3, -0.25) is 4.79 Å². The summed E-state index contributed by atoms with van der Waals surface area (Å²) < 4.78 is 17.9. The van der Waals surface area contributed by atoms with E-state index in [2.05, 4.69) is 10.1 Å². The van der Waals surface area contributed by atoms with Crippen molar-refractivity contribution in [1.29, 1.82) is 0 Å². The lowest BCUT2D eigenvalue weighted by Gasteiger charge is -2.33. The molecule has 6 nitrogen and oxygen atoms in total. The predicted molar refractivity (Wildman–Crippen MR) is 89.9 cm³/mol. The summed E-state index contributed by atoms with van der Waals surface area (Å²) in [4.78, 5) is 18.6. The van der Waals surface area contributed by atoms with Gasteiger partial charge in [0.2, 0.25) is 0 Å². The van der Waals surface area contributed by atoms with Crippen LogP contribution in [0.25, 0.3) is 5.69 Å². The average Bonchev–Trinajstić information content (AvgIpc) is 3.35. The predicted octanol–water partition coefficient (Wildman–Crippen LogP) is 2.69. The van der Waals surface area contributed by atoms with E-state index < -0.39 is 5.82 Å². The van der Waals surface area contributed by atoms with Crippen LogP contribution in [0.3, 0.4) is 0 Å². The molecule has 0 radical (unpaired) electrons. The maximum Gasteiger partial charge on any atom is 0.254 e. The Balaban J connectivity index is 1.53. The van der Waals surface area contributed by atoms with Gasteiger partial charge in [-0.15, -0.1) is 0 Å². The first-order valence-electron chi connectivity index (χ1n) is 8.28. The summed E-state index contributed by atoms with van der Waals surface area (Å²) in [5.74, 6) is -0.603. The topological polar surface area (TPSA) is 56.0 Å². The van der Waals surface area contributed by atoms with Crippen LogP contribution in [0.4, 0.5) is 4.39 Å². The molecule has 7 heteroatoms. The molecule has 2 aromatic heterocycles. The third kappa shape index (κ3) is 3.05. The molecule has 128 valence electrons. The van der Waals surface area contributed by atoms with Crippen molar-refractivity contribution in [3.63, 3.8) is 0 Å². The van der Waals surface area contributed by atoms with Gasteiger partial charge in [0.25, 0.3) is 5.91 Å². The van der Waals surface area contributed by atoms with Crippen LogP contribution in [0, 0.1) is 5.82 Å². The smallest absolute Gasteiger partial charge is 0.254 e. The van der Waals surface area contributed by atoms with Crippen LogP contribution >= 0.6 is 0 Å². The van der Waals surface area contributed by atoms with Crippen LogP contribution in [0.15, 0.2) is 55.4 Å². The van der Waals surface area contributed by atoms with Crippen molar-refractivity contribution in [3.05, 3.63) is 66.8 Å². The first-order valence-corrected chi connectivity index (χ1v) is 8.28. The summed E-state index contributed by atoms with van der Waals surface area (Å²) in [5, 5.41) is 4.02. The first-order chi connectivity index (χ1) is 12.2. The fraction of sp³-hybridized carbons (Fsp3) is 0.278. The molecular formula is C18H18FN5O. The van der Waals surface area contributed by atoms with Crippen LogP contribution < -0.4 is 0 Å². The normalized spacial score (nSPS) is 17.6. The van der Waals surface area contributed by atoms with E-state index in [-0.39, 0.29) is 11.9 Å². The fourth-order valence-electron chi connectivity index (χ4n) is 3.29. The van der Waals surface area contributed by atoms with Gasteiger partial charge in [0.15, 0.2) is 0 Å². The Kier molecular flexibility index (Phi) is 4.05. The average molecular weight is 339 g/mol. The highest BCUT2D eigenvalue weighted by Crippen LogP contribution is 2.23. The maximum absolute atomic E-state index is 14.4. The number of hydrogen-bond acceptors (Lipinski definition) is 3. The van der Waals surface area contributed by atoms with Crippen LogP contribution in [-0.2, 0) is 0 Å². The number of carbonyl (C=O) groups excluding carboxylic acids is 1. The quantitative estimate of drug-likeness (QED) is 0.737. The third-order valence-corrected chi connectivity index (χ3v) is 4.58. The van der Waals surface area contributed by atoms with E-state index in [0.717, 1.165) is 12.8 Å². The summed E-state index contributed by atoms with van der Waals surface area (Å²) in [6.07, 6.45) is 10.6. The number of aromatic nitrogens is 4. The largest absolute Gasteiger partial charge is 0.337 e. The number of piperidine rings is 1. The lowest BCUT2D eigenvalue weighted by atomic mass is 10.0. The molecule has 3 heterocycles. The molecule has 0 saturated carbocycles. The summed E-state index contributed by atoms with van der Waals surface area (Å²) in [7, 11) is 0. The van der Waals surface area contributed by atoms with Gasteiger partial charge < -0.3 is 9.47 Å². The van der Waals surface area contributed by atoms with Crippen LogP contribution in [0.5, 0.6) is 0 Å². The van der Waals surface area contributed by atoms with E-state index in [4.69, 9.17) is 0 Å². The highest BCUT2D eigenvalue weighted by Gasteiger charge is 2.25. The van der Waals surface area contributed by atoms with Crippen LogP contribution in [0.1, 0.15) is 29.2 Å². The molecule has 0 N–H and O–H groups in total. The molecule has 0 aliphatic carbocycles. The first kappa shape index (κ1) is 15.6. The minimum atomic E-state index is -0.460.